The first-order valence-electron chi connectivity index (χ1n) is 12.0. The maximum absolute atomic E-state index is 13.2. The van der Waals surface area contributed by atoms with Crippen molar-refractivity contribution in [3.63, 3.8) is 0 Å². The molecule has 0 heterocycles. The van der Waals surface area contributed by atoms with Crippen LogP contribution >= 0.6 is 0 Å². The number of hydrogen-bond acceptors (Lipinski definition) is 3. The van der Waals surface area contributed by atoms with Crippen LogP contribution in [0.2, 0.25) is 0 Å². The first kappa shape index (κ1) is 22.5. The van der Waals surface area contributed by atoms with Gasteiger partial charge in [-0.15, -0.1) is 0 Å². The molecule has 0 bridgehead atoms. The van der Waals surface area contributed by atoms with Gasteiger partial charge in [0, 0.05) is 30.7 Å². The predicted octanol–water partition coefficient (Wildman–Crippen LogP) is 4.13. The molecule has 2 N–H and O–H groups in total. The SMILES string of the molecule is CC(C)C(=O)NCC1CCC(C(=O)NC2Cc3ccc4ccccc4c3C(C)C2=O)CC1. The van der Waals surface area contributed by atoms with Gasteiger partial charge in [0.05, 0.1) is 6.04 Å². The van der Waals surface area contributed by atoms with Crippen LogP contribution < -0.4 is 10.6 Å². The van der Waals surface area contributed by atoms with Gasteiger partial charge in [-0.2, -0.15) is 0 Å². The summed E-state index contributed by atoms with van der Waals surface area (Å²) in [6.45, 7) is 6.44. The molecule has 0 radical (unpaired) electrons. The number of amides is 2. The van der Waals surface area contributed by atoms with Gasteiger partial charge >= 0.3 is 0 Å². The molecule has 1 fully saturated rings. The molecule has 32 heavy (non-hydrogen) atoms. The molecule has 2 atom stereocenters. The van der Waals surface area contributed by atoms with Crippen molar-refractivity contribution in [3.05, 3.63) is 47.5 Å². The Kier molecular flexibility index (Phi) is 6.63. The molecule has 2 unspecified atom stereocenters. The van der Waals surface area contributed by atoms with Crippen molar-refractivity contribution in [2.45, 2.75) is 64.8 Å². The lowest BCUT2D eigenvalue weighted by Crippen LogP contribution is -2.49. The van der Waals surface area contributed by atoms with Crippen molar-refractivity contribution in [3.8, 4) is 0 Å². The van der Waals surface area contributed by atoms with E-state index in [0.717, 1.165) is 47.6 Å². The lowest BCUT2D eigenvalue weighted by atomic mass is 9.77. The highest BCUT2D eigenvalue weighted by Gasteiger charge is 2.36. The zero-order chi connectivity index (χ0) is 22.8. The number of nitrogens with one attached hydrogen (secondary N) is 2. The van der Waals surface area contributed by atoms with Crippen molar-refractivity contribution < 1.29 is 14.4 Å². The molecule has 2 aliphatic rings. The smallest absolute Gasteiger partial charge is 0.223 e. The van der Waals surface area contributed by atoms with Crippen LogP contribution in [0.5, 0.6) is 0 Å². The molecular formula is C27H34N2O3. The zero-order valence-electron chi connectivity index (χ0n) is 19.3. The summed E-state index contributed by atoms with van der Waals surface area (Å²) in [5.74, 6) is 0.345. The summed E-state index contributed by atoms with van der Waals surface area (Å²) in [5.41, 5.74) is 2.27. The minimum Gasteiger partial charge on any atom is -0.356 e. The molecule has 0 aromatic heterocycles. The van der Waals surface area contributed by atoms with Crippen LogP contribution in [-0.4, -0.2) is 30.2 Å². The van der Waals surface area contributed by atoms with E-state index in [1.54, 1.807) is 0 Å². The third-order valence-corrected chi connectivity index (χ3v) is 7.31. The van der Waals surface area contributed by atoms with E-state index in [9.17, 15) is 14.4 Å². The largest absolute Gasteiger partial charge is 0.356 e. The molecule has 2 aromatic rings. The summed E-state index contributed by atoms with van der Waals surface area (Å²) >= 11 is 0. The van der Waals surface area contributed by atoms with Gasteiger partial charge in [-0.3, -0.25) is 14.4 Å². The molecule has 5 heteroatoms. The molecule has 1 saturated carbocycles. The Morgan fingerprint density at radius 1 is 1.03 bits per heavy atom. The first-order valence-corrected chi connectivity index (χ1v) is 12.0. The minimum absolute atomic E-state index is 0.00402. The highest BCUT2D eigenvalue weighted by Crippen LogP contribution is 2.35. The van der Waals surface area contributed by atoms with Crippen LogP contribution in [0.25, 0.3) is 10.8 Å². The molecule has 2 aromatic carbocycles. The molecule has 4 rings (SSSR count). The van der Waals surface area contributed by atoms with E-state index in [2.05, 4.69) is 34.9 Å². The zero-order valence-corrected chi connectivity index (χ0v) is 19.3. The summed E-state index contributed by atoms with van der Waals surface area (Å²) in [6.07, 6.45) is 4.05. The second kappa shape index (κ2) is 9.43. The fraction of sp³-hybridized carbons (Fsp3) is 0.519. The van der Waals surface area contributed by atoms with Crippen LogP contribution in [0.15, 0.2) is 36.4 Å². The Bertz CT molecular complexity index is 1020. The third kappa shape index (κ3) is 4.57. The van der Waals surface area contributed by atoms with Gasteiger partial charge in [0.1, 0.15) is 0 Å². The molecular weight excluding hydrogens is 400 g/mol. The molecule has 5 nitrogen and oxygen atoms in total. The summed E-state index contributed by atoms with van der Waals surface area (Å²) in [4.78, 5) is 37.9. The van der Waals surface area contributed by atoms with Gasteiger partial charge in [0.25, 0.3) is 0 Å². The van der Waals surface area contributed by atoms with E-state index < -0.39 is 6.04 Å². The van der Waals surface area contributed by atoms with E-state index in [-0.39, 0.29) is 35.4 Å². The van der Waals surface area contributed by atoms with E-state index in [0.29, 0.717) is 18.9 Å². The lowest BCUT2D eigenvalue weighted by Gasteiger charge is -2.33. The van der Waals surface area contributed by atoms with E-state index >= 15 is 0 Å². The Morgan fingerprint density at radius 2 is 1.75 bits per heavy atom. The Labute approximate surface area is 190 Å². The first-order chi connectivity index (χ1) is 15.3. The Morgan fingerprint density at radius 3 is 2.47 bits per heavy atom. The number of fused-ring (bicyclic) bond motifs is 3. The van der Waals surface area contributed by atoms with Gasteiger partial charge in [-0.25, -0.2) is 0 Å². The standard InChI is InChI=1S/C27H34N2O3/c1-16(2)26(31)28-15-18-8-10-20(11-9-18)27(32)29-23-14-21-13-12-19-6-4-5-7-22(19)24(21)17(3)25(23)30/h4-7,12-13,16-18,20,23H,8-11,14-15H2,1-3H3,(H,28,31)(H,29,32). The average Bonchev–Trinajstić information content (AvgIpc) is 2.80. The summed E-state index contributed by atoms with van der Waals surface area (Å²) in [6, 6.07) is 11.9. The molecule has 2 amide bonds. The van der Waals surface area contributed by atoms with Gasteiger partial charge in [-0.1, -0.05) is 57.2 Å². The normalized spacial score (nSPS) is 25.4. The van der Waals surface area contributed by atoms with Crippen molar-refractivity contribution >= 4 is 28.4 Å². The van der Waals surface area contributed by atoms with Crippen LogP contribution in [-0.2, 0) is 20.8 Å². The van der Waals surface area contributed by atoms with Crippen molar-refractivity contribution in [1.82, 2.24) is 10.6 Å². The van der Waals surface area contributed by atoms with Gasteiger partial charge in [0.15, 0.2) is 5.78 Å². The third-order valence-electron chi connectivity index (χ3n) is 7.31. The fourth-order valence-corrected chi connectivity index (χ4v) is 5.28. The monoisotopic (exact) mass is 434 g/mol. The highest BCUT2D eigenvalue weighted by molar-refractivity contribution is 6.00. The number of carbonyl (C=O) groups is 3. The Balaban J connectivity index is 1.36. The number of carbonyl (C=O) groups excluding carboxylic acids is 3. The topological polar surface area (TPSA) is 75.3 Å². The fourth-order valence-electron chi connectivity index (χ4n) is 5.28. The van der Waals surface area contributed by atoms with Crippen LogP contribution in [0.3, 0.4) is 0 Å². The summed E-state index contributed by atoms with van der Waals surface area (Å²) in [7, 11) is 0. The van der Waals surface area contributed by atoms with E-state index in [4.69, 9.17) is 0 Å². The second-order valence-corrected chi connectivity index (χ2v) is 9.87. The summed E-state index contributed by atoms with van der Waals surface area (Å²) < 4.78 is 0. The molecule has 2 aliphatic carbocycles. The van der Waals surface area contributed by atoms with Crippen LogP contribution in [0, 0.1) is 17.8 Å². The van der Waals surface area contributed by atoms with Crippen molar-refractivity contribution in [2.75, 3.05) is 6.54 Å². The number of hydrogen-bond donors (Lipinski definition) is 2. The molecule has 0 saturated heterocycles. The number of Topliss-reactive ketones (excluding diaryl/α,β-unsaturated/α-hetero) is 1. The summed E-state index contributed by atoms with van der Waals surface area (Å²) in [5, 5.41) is 8.37. The number of ketones is 1. The maximum atomic E-state index is 13.2. The van der Waals surface area contributed by atoms with Crippen LogP contribution in [0.4, 0.5) is 0 Å². The van der Waals surface area contributed by atoms with Gasteiger partial charge < -0.3 is 10.6 Å². The average molecular weight is 435 g/mol. The minimum atomic E-state index is -0.450. The van der Waals surface area contributed by atoms with Crippen molar-refractivity contribution in [2.24, 2.45) is 17.8 Å². The van der Waals surface area contributed by atoms with E-state index in [1.807, 2.05) is 32.9 Å². The number of rotatable bonds is 5. The van der Waals surface area contributed by atoms with Gasteiger partial charge in [-0.05, 0) is 53.5 Å². The second-order valence-electron chi connectivity index (χ2n) is 9.87. The molecule has 170 valence electrons. The maximum Gasteiger partial charge on any atom is 0.223 e. The molecule has 0 spiro atoms. The van der Waals surface area contributed by atoms with Crippen molar-refractivity contribution in [1.29, 1.82) is 0 Å². The highest BCUT2D eigenvalue weighted by atomic mass is 16.2. The predicted molar refractivity (Wildman–Crippen MR) is 126 cm³/mol. The van der Waals surface area contributed by atoms with E-state index in [1.165, 1.54) is 0 Å². The Hall–Kier alpha value is -2.69. The number of benzene rings is 2. The quantitative estimate of drug-likeness (QED) is 0.743. The molecule has 0 aliphatic heterocycles. The van der Waals surface area contributed by atoms with Crippen LogP contribution in [0.1, 0.15) is 63.5 Å². The lowest BCUT2D eigenvalue weighted by molar-refractivity contribution is -0.131. The van der Waals surface area contributed by atoms with Gasteiger partial charge in [0.2, 0.25) is 11.8 Å².